The number of rotatable bonds is 1. The van der Waals surface area contributed by atoms with Gasteiger partial charge in [-0.05, 0) is 46.1 Å². The van der Waals surface area contributed by atoms with Gasteiger partial charge in [-0.25, -0.2) is 0 Å². The summed E-state index contributed by atoms with van der Waals surface area (Å²) in [5, 5.41) is 0. The van der Waals surface area contributed by atoms with Crippen molar-refractivity contribution in [2.75, 3.05) is 5.73 Å². The van der Waals surface area contributed by atoms with E-state index < -0.39 is 0 Å². The number of hydrogen-bond acceptors (Lipinski definition) is 1. The standard InChI is InChI=1S/C13H12BrN/c1-9-3-2-4-10(7-9)11-5-6-12(14)13(15)8-11/h2-8H,15H2,1H3. The molecule has 0 aliphatic rings. The minimum atomic E-state index is 0.772. The lowest BCUT2D eigenvalue weighted by Crippen LogP contribution is -1.87. The maximum atomic E-state index is 5.85. The minimum Gasteiger partial charge on any atom is -0.398 e. The Balaban J connectivity index is 2.50. The fraction of sp³-hybridized carbons (Fsp3) is 0.0769. The van der Waals surface area contributed by atoms with Crippen molar-refractivity contribution in [3.8, 4) is 11.1 Å². The topological polar surface area (TPSA) is 26.0 Å². The zero-order valence-corrected chi connectivity index (χ0v) is 10.1. The maximum absolute atomic E-state index is 5.85. The molecule has 15 heavy (non-hydrogen) atoms. The molecule has 0 saturated heterocycles. The van der Waals surface area contributed by atoms with Gasteiger partial charge in [0.25, 0.3) is 0 Å². The highest BCUT2D eigenvalue weighted by Gasteiger charge is 2.00. The van der Waals surface area contributed by atoms with Crippen LogP contribution in [0.15, 0.2) is 46.9 Å². The Kier molecular flexibility index (Phi) is 2.78. The second-order valence-corrected chi connectivity index (χ2v) is 4.46. The largest absolute Gasteiger partial charge is 0.398 e. The Hall–Kier alpha value is -1.28. The molecule has 0 atom stereocenters. The first-order valence-electron chi connectivity index (χ1n) is 4.79. The van der Waals surface area contributed by atoms with Gasteiger partial charge < -0.3 is 5.73 Å². The molecule has 0 spiro atoms. The molecule has 0 aliphatic heterocycles. The van der Waals surface area contributed by atoms with E-state index in [0.717, 1.165) is 15.7 Å². The molecule has 0 radical (unpaired) electrons. The van der Waals surface area contributed by atoms with Gasteiger partial charge in [-0.3, -0.25) is 0 Å². The molecule has 76 valence electrons. The first-order valence-corrected chi connectivity index (χ1v) is 5.58. The zero-order chi connectivity index (χ0) is 10.8. The van der Waals surface area contributed by atoms with Crippen LogP contribution in [-0.4, -0.2) is 0 Å². The van der Waals surface area contributed by atoms with Crippen molar-refractivity contribution in [1.29, 1.82) is 0 Å². The van der Waals surface area contributed by atoms with Crippen LogP contribution in [0.25, 0.3) is 11.1 Å². The number of nitrogens with two attached hydrogens (primary N) is 1. The van der Waals surface area contributed by atoms with Crippen molar-refractivity contribution >= 4 is 21.6 Å². The Morgan fingerprint density at radius 1 is 1.00 bits per heavy atom. The average molecular weight is 262 g/mol. The van der Waals surface area contributed by atoms with Crippen molar-refractivity contribution in [2.45, 2.75) is 6.92 Å². The molecular weight excluding hydrogens is 250 g/mol. The summed E-state index contributed by atoms with van der Waals surface area (Å²) in [7, 11) is 0. The van der Waals surface area contributed by atoms with Crippen LogP contribution >= 0.6 is 15.9 Å². The van der Waals surface area contributed by atoms with Crippen molar-refractivity contribution in [1.82, 2.24) is 0 Å². The third-order valence-electron chi connectivity index (χ3n) is 2.35. The number of halogens is 1. The first-order chi connectivity index (χ1) is 7.16. The van der Waals surface area contributed by atoms with Crippen molar-refractivity contribution in [3.05, 3.63) is 52.5 Å². The molecule has 0 aromatic heterocycles. The lowest BCUT2D eigenvalue weighted by molar-refractivity contribution is 1.46. The lowest BCUT2D eigenvalue weighted by atomic mass is 10.0. The molecule has 0 heterocycles. The van der Waals surface area contributed by atoms with E-state index >= 15 is 0 Å². The molecule has 0 aliphatic carbocycles. The van der Waals surface area contributed by atoms with Gasteiger partial charge in [-0.15, -0.1) is 0 Å². The fourth-order valence-corrected chi connectivity index (χ4v) is 1.79. The van der Waals surface area contributed by atoms with Crippen LogP contribution in [0.5, 0.6) is 0 Å². The summed E-state index contributed by atoms with van der Waals surface area (Å²) in [4.78, 5) is 0. The van der Waals surface area contributed by atoms with Crippen LogP contribution in [0.1, 0.15) is 5.56 Å². The lowest BCUT2D eigenvalue weighted by Gasteiger charge is -2.05. The zero-order valence-electron chi connectivity index (χ0n) is 8.50. The van der Waals surface area contributed by atoms with Crippen molar-refractivity contribution in [3.63, 3.8) is 0 Å². The Bertz CT molecular complexity index is 492. The van der Waals surface area contributed by atoms with Gasteiger partial charge in [0, 0.05) is 10.2 Å². The second-order valence-electron chi connectivity index (χ2n) is 3.61. The molecular formula is C13H12BrN. The molecule has 0 fully saturated rings. The Labute approximate surface area is 98.1 Å². The summed E-state index contributed by atoms with van der Waals surface area (Å²) in [6.45, 7) is 2.09. The molecule has 1 nitrogen and oxygen atoms in total. The minimum absolute atomic E-state index is 0.772. The Morgan fingerprint density at radius 3 is 2.40 bits per heavy atom. The maximum Gasteiger partial charge on any atom is 0.0464 e. The van der Waals surface area contributed by atoms with E-state index in [-0.39, 0.29) is 0 Å². The molecule has 2 aromatic carbocycles. The van der Waals surface area contributed by atoms with E-state index in [2.05, 4.69) is 53.2 Å². The molecule has 2 rings (SSSR count). The molecule has 0 unspecified atom stereocenters. The number of aryl methyl sites for hydroxylation is 1. The van der Waals surface area contributed by atoms with Gasteiger partial charge >= 0.3 is 0 Å². The average Bonchev–Trinajstić information content (AvgIpc) is 2.22. The van der Waals surface area contributed by atoms with Crippen molar-refractivity contribution < 1.29 is 0 Å². The quantitative estimate of drug-likeness (QED) is 0.772. The van der Waals surface area contributed by atoms with Crippen LogP contribution in [0.4, 0.5) is 5.69 Å². The molecule has 2 aromatic rings. The highest BCUT2D eigenvalue weighted by molar-refractivity contribution is 9.10. The molecule has 2 N–H and O–H groups in total. The van der Waals surface area contributed by atoms with Gasteiger partial charge in [0.15, 0.2) is 0 Å². The summed E-state index contributed by atoms with van der Waals surface area (Å²) >= 11 is 3.39. The fourth-order valence-electron chi connectivity index (χ4n) is 1.55. The highest BCUT2D eigenvalue weighted by atomic mass is 79.9. The van der Waals surface area contributed by atoms with Crippen LogP contribution in [0.2, 0.25) is 0 Å². The number of nitrogen functional groups attached to an aromatic ring is 1. The first kappa shape index (κ1) is 10.2. The van der Waals surface area contributed by atoms with Crippen LogP contribution < -0.4 is 5.73 Å². The van der Waals surface area contributed by atoms with Crippen LogP contribution in [0, 0.1) is 6.92 Å². The molecule has 0 bridgehead atoms. The molecule has 2 heteroatoms. The van der Waals surface area contributed by atoms with E-state index in [1.807, 2.05) is 12.1 Å². The normalized spacial score (nSPS) is 10.3. The second kappa shape index (κ2) is 4.07. The van der Waals surface area contributed by atoms with E-state index in [0.29, 0.717) is 0 Å². The predicted octanol–water partition coefficient (Wildman–Crippen LogP) is 4.01. The smallest absolute Gasteiger partial charge is 0.0464 e. The highest BCUT2D eigenvalue weighted by Crippen LogP contribution is 2.27. The Morgan fingerprint density at radius 2 is 1.73 bits per heavy atom. The van der Waals surface area contributed by atoms with Crippen molar-refractivity contribution in [2.24, 2.45) is 0 Å². The summed E-state index contributed by atoms with van der Waals surface area (Å²) in [5.74, 6) is 0. The van der Waals surface area contributed by atoms with Gasteiger partial charge in [0.2, 0.25) is 0 Å². The third kappa shape index (κ3) is 2.21. The number of hydrogen-bond donors (Lipinski definition) is 1. The summed E-state index contributed by atoms with van der Waals surface area (Å²) in [6.07, 6.45) is 0. The van der Waals surface area contributed by atoms with E-state index in [1.165, 1.54) is 11.1 Å². The predicted molar refractivity (Wildman–Crippen MR) is 68.7 cm³/mol. The third-order valence-corrected chi connectivity index (χ3v) is 3.07. The van der Waals surface area contributed by atoms with Gasteiger partial charge in [0.1, 0.15) is 0 Å². The molecule has 0 saturated carbocycles. The van der Waals surface area contributed by atoms with Gasteiger partial charge in [-0.1, -0.05) is 35.9 Å². The SMILES string of the molecule is Cc1cccc(-c2ccc(Br)c(N)c2)c1. The van der Waals surface area contributed by atoms with Crippen LogP contribution in [0.3, 0.4) is 0 Å². The summed E-state index contributed by atoms with van der Waals surface area (Å²) in [5.41, 5.74) is 10.2. The van der Waals surface area contributed by atoms with Gasteiger partial charge in [0.05, 0.1) is 0 Å². The number of benzene rings is 2. The van der Waals surface area contributed by atoms with E-state index in [9.17, 15) is 0 Å². The summed E-state index contributed by atoms with van der Waals surface area (Å²) < 4.78 is 0.943. The van der Waals surface area contributed by atoms with Crippen LogP contribution in [-0.2, 0) is 0 Å². The van der Waals surface area contributed by atoms with E-state index in [1.54, 1.807) is 0 Å². The molecule has 0 amide bonds. The van der Waals surface area contributed by atoms with Gasteiger partial charge in [-0.2, -0.15) is 0 Å². The summed E-state index contributed by atoms with van der Waals surface area (Å²) in [6, 6.07) is 14.4. The monoisotopic (exact) mass is 261 g/mol. The number of anilines is 1. The van der Waals surface area contributed by atoms with E-state index in [4.69, 9.17) is 5.73 Å².